The van der Waals surface area contributed by atoms with Crippen LogP contribution in [0.25, 0.3) is 0 Å². The zero-order valence-electron chi connectivity index (χ0n) is 20.1. The van der Waals surface area contributed by atoms with Crippen molar-refractivity contribution in [2.45, 2.75) is 111 Å². The van der Waals surface area contributed by atoms with Gasteiger partial charge in [-0.1, -0.05) is 53.4 Å². The van der Waals surface area contributed by atoms with Gasteiger partial charge in [-0.25, -0.2) is 0 Å². The summed E-state index contributed by atoms with van der Waals surface area (Å²) < 4.78 is 10.8. The Balaban J connectivity index is 0.00000240. The number of rotatable bonds is 6. The van der Waals surface area contributed by atoms with Crippen molar-refractivity contribution in [3.63, 3.8) is 0 Å². The van der Waals surface area contributed by atoms with Crippen LogP contribution in [0.1, 0.15) is 111 Å². The third kappa shape index (κ3) is 4.07. The molecule has 0 radical (unpaired) electrons. The van der Waals surface area contributed by atoms with Crippen LogP contribution in [0.4, 0.5) is 0 Å². The Morgan fingerprint density at radius 2 is 1.66 bits per heavy atom. The minimum Gasteiger partial charge on any atom is -0.799 e. The van der Waals surface area contributed by atoms with Gasteiger partial charge in [-0.2, -0.15) is 0 Å². The third-order valence-corrected chi connectivity index (χ3v) is 11.7. The smallest absolute Gasteiger partial charge is 0.799 e. The Morgan fingerprint density at radius 3 is 2.38 bits per heavy atom. The Morgan fingerprint density at radius 1 is 0.897 bits per heavy atom. The van der Waals surface area contributed by atoms with Crippen molar-refractivity contribution in [3.05, 3.63) is 0 Å². The van der Waals surface area contributed by atoms with E-state index in [-0.39, 0.29) is 29.6 Å². The molecule has 0 N–H and O–H groups in total. The topological polar surface area (TPSA) is 23.1 Å². The Labute approximate surface area is 207 Å². The van der Waals surface area contributed by atoms with Crippen molar-refractivity contribution in [1.29, 1.82) is 0 Å². The first-order valence-electron chi connectivity index (χ1n) is 12.6. The predicted octanol–water partition coefficient (Wildman–Crippen LogP) is 5.10. The number of hydrogen-bond donors (Lipinski definition) is 0. The van der Waals surface area contributed by atoms with Crippen molar-refractivity contribution in [2.24, 2.45) is 45.8 Å². The normalized spacial score (nSPS) is 48.9. The van der Waals surface area contributed by atoms with Crippen LogP contribution < -0.4 is 29.6 Å². The molecule has 0 aromatic carbocycles. The van der Waals surface area contributed by atoms with E-state index in [0.29, 0.717) is 16.2 Å². The molecule has 4 rings (SSSR count). The zero-order valence-corrected chi connectivity index (χ0v) is 22.9. The summed E-state index contributed by atoms with van der Waals surface area (Å²) in [6.45, 7) is 10.5. The molecular weight excluding hydrogens is 383 g/mol. The van der Waals surface area contributed by atoms with Crippen molar-refractivity contribution in [3.8, 4) is 0 Å². The SMILES string of the molecule is CC[C@H]1CC2C3CCC(C)(CCCCS[O-])C3(C)CC[C@@H]2C2(C)CCCCC12.[Na+]. The van der Waals surface area contributed by atoms with Gasteiger partial charge in [0.1, 0.15) is 0 Å². The maximum Gasteiger partial charge on any atom is 1.00 e. The number of unbranched alkanes of at least 4 members (excludes halogenated alkanes) is 1. The van der Waals surface area contributed by atoms with Gasteiger partial charge in [0.25, 0.3) is 0 Å². The Hall–Kier alpha value is 1.31. The summed E-state index contributed by atoms with van der Waals surface area (Å²) in [7, 11) is 0. The van der Waals surface area contributed by atoms with Crippen LogP contribution in [0, 0.1) is 45.8 Å². The van der Waals surface area contributed by atoms with Gasteiger partial charge in [-0.3, -0.25) is 12.0 Å². The van der Waals surface area contributed by atoms with E-state index in [4.69, 9.17) is 0 Å². The molecule has 4 aliphatic rings. The van der Waals surface area contributed by atoms with Gasteiger partial charge in [0.05, 0.1) is 0 Å². The summed E-state index contributed by atoms with van der Waals surface area (Å²) in [4.78, 5) is 0. The van der Waals surface area contributed by atoms with E-state index in [1.165, 1.54) is 70.6 Å². The molecule has 0 spiro atoms. The molecule has 29 heavy (non-hydrogen) atoms. The van der Waals surface area contributed by atoms with Gasteiger partial charge in [-0.15, -0.1) is 0 Å². The average Bonchev–Trinajstić information content (AvgIpc) is 2.95. The quantitative estimate of drug-likeness (QED) is 0.334. The van der Waals surface area contributed by atoms with E-state index in [1.807, 2.05) is 0 Å². The van der Waals surface area contributed by atoms with Crippen LogP contribution in [0.3, 0.4) is 0 Å². The zero-order chi connectivity index (χ0) is 20.0. The minimum absolute atomic E-state index is 0. The first-order chi connectivity index (χ1) is 13.4. The number of fused-ring (bicyclic) bond motifs is 5. The summed E-state index contributed by atoms with van der Waals surface area (Å²) in [6.07, 6.45) is 18.6. The fourth-order valence-corrected chi connectivity index (χ4v) is 9.79. The molecule has 0 amide bonds. The Kier molecular flexibility index (Phi) is 8.31. The third-order valence-electron chi connectivity index (χ3n) is 11.3. The van der Waals surface area contributed by atoms with Crippen molar-refractivity contribution < 1.29 is 34.1 Å². The first-order valence-corrected chi connectivity index (χ1v) is 13.6. The fourth-order valence-electron chi connectivity index (χ4n) is 9.47. The molecule has 1 nitrogen and oxygen atoms in total. The van der Waals surface area contributed by atoms with Crippen molar-refractivity contribution >= 4 is 12.0 Å². The molecule has 0 aliphatic heterocycles. The summed E-state index contributed by atoms with van der Waals surface area (Å²) in [5.41, 5.74) is 1.71. The molecule has 0 aromatic rings. The van der Waals surface area contributed by atoms with Crippen molar-refractivity contribution in [2.75, 3.05) is 5.75 Å². The molecule has 4 aliphatic carbocycles. The maximum absolute atomic E-state index is 10.8. The van der Waals surface area contributed by atoms with E-state index in [9.17, 15) is 4.55 Å². The summed E-state index contributed by atoms with van der Waals surface area (Å²) in [6, 6.07) is 0. The molecule has 0 bridgehead atoms. The van der Waals surface area contributed by atoms with Gasteiger partial charge < -0.3 is 4.55 Å². The van der Waals surface area contributed by atoms with Crippen LogP contribution in [-0.4, -0.2) is 10.3 Å². The molecule has 162 valence electrons. The molecule has 4 fully saturated rings. The molecule has 0 saturated heterocycles. The second-order valence-electron chi connectivity index (χ2n) is 12.0. The molecule has 0 heterocycles. The van der Waals surface area contributed by atoms with Gasteiger partial charge in [-0.05, 0) is 109 Å². The van der Waals surface area contributed by atoms with Gasteiger partial charge in [0, 0.05) is 0 Å². The maximum atomic E-state index is 10.8. The van der Waals surface area contributed by atoms with Crippen LogP contribution in [0.2, 0.25) is 0 Å². The molecule has 3 heteroatoms. The van der Waals surface area contributed by atoms with E-state index in [1.54, 1.807) is 6.42 Å². The number of hydrogen-bond acceptors (Lipinski definition) is 2. The summed E-state index contributed by atoms with van der Waals surface area (Å²) >= 11 is 0.783. The molecular formula is C26H45NaOS. The van der Waals surface area contributed by atoms with Gasteiger partial charge in [0.15, 0.2) is 0 Å². The second-order valence-corrected chi connectivity index (χ2v) is 12.6. The minimum atomic E-state index is 0. The molecule has 8 atom stereocenters. The van der Waals surface area contributed by atoms with E-state index in [2.05, 4.69) is 27.7 Å². The van der Waals surface area contributed by atoms with Crippen LogP contribution >= 0.6 is 12.0 Å². The fraction of sp³-hybridized carbons (Fsp3) is 1.00. The van der Waals surface area contributed by atoms with Crippen LogP contribution in [-0.2, 0) is 0 Å². The van der Waals surface area contributed by atoms with Gasteiger partial charge in [0.2, 0.25) is 0 Å². The standard InChI is InChI=1S/C26H46OS.Na/c1-5-19-18-20-22(25(3)14-7-6-10-21(19)25)12-16-26(4)23(20)11-15-24(26,2)13-8-9-17-28-27;/h19-23,27H,5-18H2,1-4H3;/q;+1/p-1/t19-,20?,21?,22-,23?,24?,25?,26?;/m0./s1. The average molecular weight is 429 g/mol. The monoisotopic (exact) mass is 428 g/mol. The Bertz CT molecular complexity index is 555. The molecule has 0 aromatic heterocycles. The molecule has 6 unspecified atom stereocenters. The van der Waals surface area contributed by atoms with E-state index in [0.717, 1.165) is 53.8 Å². The summed E-state index contributed by atoms with van der Waals surface area (Å²) in [5.74, 6) is 5.81. The summed E-state index contributed by atoms with van der Waals surface area (Å²) in [5, 5.41) is 0. The predicted molar refractivity (Wildman–Crippen MR) is 121 cm³/mol. The largest absolute Gasteiger partial charge is 1.00 e. The van der Waals surface area contributed by atoms with Crippen LogP contribution in [0.15, 0.2) is 0 Å². The second kappa shape index (κ2) is 9.66. The van der Waals surface area contributed by atoms with E-state index < -0.39 is 0 Å². The van der Waals surface area contributed by atoms with E-state index >= 15 is 0 Å². The van der Waals surface area contributed by atoms with Crippen molar-refractivity contribution in [1.82, 2.24) is 0 Å². The molecule has 4 saturated carbocycles. The van der Waals surface area contributed by atoms with Crippen LogP contribution in [0.5, 0.6) is 0 Å². The first kappa shape index (κ1) is 24.9. The van der Waals surface area contributed by atoms with Gasteiger partial charge >= 0.3 is 29.6 Å².